The van der Waals surface area contributed by atoms with Crippen LogP contribution >= 0.6 is 11.8 Å². The Labute approximate surface area is 235 Å². The Kier molecular flexibility index (Phi) is 6.83. The molecule has 0 spiro atoms. The van der Waals surface area contributed by atoms with Gasteiger partial charge in [0.1, 0.15) is 11.8 Å². The van der Waals surface area contributed by atoms with Crippen molar-refractivity contribution in [3.05, 3.63) is 95.6 Å². The highest BCUT2D eigenvalue weighted by Gasteiger charge is 2.27. The summed E-state index contributed by atoms with van der Waals surface area (Å²) in [5, 5.41) is 1.91. The summed E-state index contributed by atoms with van der Waals surface area (Å²) >= 11 is 1.71. The van der Waals surface area contributed by atoms with Gasteiger partial charge >= 0.3 is 6.11 Å². The molecule has 9 heteroatoms. The number of ether oxygens (including phenoxy) is 1. The van der Waals surface area contributed by atoms with Crippen LogP contribution in [0.15, 0.2) is 93.8 Å². The first-order valence-corrected chi connectivity index (χ1v) is 14.0. The summed E-state index contributed by atoms with van der Waals surface area (Å²) in [6, 6.07) is 24.5. The van der Waals surface area contributed by atoms with Gasteiger partial charge < -0.3 is 9.64 Å². The van der Waals surface area contributed by atoms with Gasteiger partial charge in [-0.05, 0) is 65.6 Å². The van der Waals surface area contributed by atoms with E-state index in [4.69, 9.17) is 15.0 Å². The maximum Gasteiger partial charge on any atom is 0.394 e. The highest BCUT2D eigenvalue weighted by molar-refractivity contribution is 8.16. The summed E-state index contributed by atoms with van der Waals surface area (Å²) in [4.78, 5) is 21.1. The fourth-order valence-corrected chi connectivity index (χ4v) is 5.45. The van der Waals surface area contributed by atoms with Crippen molar-refractivity contribution in [2.75, 3.05) is 10.8 Å². The van der Waals surface area contributed by atoms with Crippen LogP contribution in [0.5, 0.6) is 5.75 Å². The molecule has 4 aromatic rings. The van der Waals surface area contributed by atoms with Crippen LogP contribution in [0.25, 0.3) is 10.9 Å². The molecule has 1 fully saturated rings. The first-order valence-electron chi connectivity index (χ1n) is 13.0. The molecule has 1 unspecified atom stereocenters. The van der Waals surface area contributed by atoms with Gasteiger partial charge in [0.2, 0.25) is 0 Å². The van der Waals surface area contributed by atoms with Crippen molar-refractivity contribution in [3.8, 4) is 5.75 Å². The molecular weight excluding hydrogens is 528 g/mol. The molecule has 0 N–H and O–H groups in total. The van der Waals surface area contributed by atoms with Crippen LogP contribution in [0.2, 0.25) is 0 Å². The fraction of sp³-hybridized carbons (Fsp3) is 0.226. The minimum Gasteiger partial charge on any atom is -0.433 e. The molecule has 2 aliphatic rings. The predicted molar refractivity (Wildman–Crippen MR) is 160 cm³/mol. The average molecular weight is 556 g/mol. The number of nitrogens with zero attached hydrogens (tertiary/aromatic N) is 5. The third-order valence-electron chi connectivity index (χ3n) is 6.66. The maximum atomic E-state index is 13.1. The second-order valence-electron chi connectivity index (χ2n) is 10.0. The summed E-state index contributed by atoms with van der Waals surface area (Å²) in [6.07, 6.45) is -1.47. The lowest BCUT2D eigenvalue weighted by atomic mass is 10.0. The zero-order valence-electron chi connectivity index (χ0n) is 22.3. The van der Waals surface area contributed by atoms with E-state index in [1.807, 2.05) is 30.3 Å². The lowest BCUT2D eigenvalue weighted by Gasteiger charge is -2.35. The number of alkyl halides is 2. The van der Waals surface area contributed by atoms with Gasteiger partial charge in [0, 0.05) is 29.8 Å². The number of thioether (sulfide) groups is 1. The normalized spacial score (nSPS) is 17.9. The number of aliphatic imine (C=N–C) groups is 3. The van der Waals surface area contributed by atoms with E-state index in [9.17, 15) is 8.78 Å². The number of aromatic nitrogens is 1. The van der Waals surface area contributed by atoms with Crippen LogP contribution in [-0.2, 0) is 0 Å². The van der Waals surface area contributed by atoms with Crippen LogP contribution in [0, 0.1) is 0 Å². The van der Waals surface area contributed by atoms with Crippen LogP contribution in [0.1, 0.15) is 49.4 Å². The van der Waals surface area contributed by atoms with Gasteiger partial charge in [-0.25, -0.2) is 15.0 Å². The molecule has 6 nitrogen and oxygen atoms in total. The molecule has 0 amide bonds. The smallest absolute Gasteiger partial charge is 0.394 e. The summed E-state index contributed by atoms with van der Waals surface area (Å²) in [5.41, 5.74) is 5.07. The number of anilines is 1. The maximum absolute atomic E-state index is 13.1. The van der Waals surface area contributed by atoms with Gasteiger partial charge in [0.15, 0.2) is 16.8 Å². The summed E-state index contributed by atoms with van der Waals surface area (Å²) < 4.78 is 30.8. The van der Waals surface area contributed by atoms with Gasteiger partial charge in [0.25, 0.3) is 0 Å². The third kappa shape index (κ3) is 5.47. The van der Waals surface area contributed by atoms with Crippen molar-refractivity contribution in [1.82, 2.24) is 4.98 Å². The van der Waals surface area contributed by atoms with Crippen molar-refractivity contribution < 1.29 is 13.5 Å². The first-order chi connectivity index (χ1) is 19.2. The number of amidine groups is 2. The van der Waals surface area contributed by atoms with Crippen LogP contribution in [0.3, 0.4) is 0 Å². The molecule has 3 heterocycles. The van der Waals surface area contributed by atoms with E-state index in [2.05, 4.69) is 52.7 Å². The van der Waals surface area contributed by atoms with E-state index in [1.54, 1.807) is 30.1 Å². The lowest BCUT2D eigenvalue weighted by molar-refractivity contribution is -0.158. The Morgan fingerprint density at radius 3 is 2.55 bits per heavy atom. The average Bonchev–Trinajstić information content (AvgIpc) is 3.41. The highest BCUT2D eigenvalue weighted by Crippen LogP contribution is 2.37. The monoisotopic (exact) mass is 555 g/mol. The minimum atomic E-state index is -3.23. The Hall–Kier alpha value is -4.11. The molecule has 0 radical (unpaired) electrons. The second-order valence-corrected chi connectivity index (χ2v) is 11.0. The number of fused-ring (bicyclic) bond motifs is 1. The van der Waals surface area contributed by atoms with E-state index in [0.717, 1.165) is 33.1 Å². The van der Waals surface area contributed by atoms with Gasteiger partial charge in [0.05, 0.1) is 11.4 Å². The van der Waals surface area contributed by atoms with Gasteiger partial charge in [-0.3, -0.25) is 4.99 Å². The Balaban J connectivity index is 1.19. The number of benzene rings is 3. The molecule has 0 aliphatic carbocycles. The van der Waals surface area contributed by atoms with Crippen LogP contribution < -0.4 is 9.64 Å². The second kappa shape index (κ2) is 10.5. The van der Waals surface area contributed by atoms with Crippen molar-refractivity contribution in [2.24, 2.45) is 15.0 Å². The number of rotatable bonds is 7. The third-order valence-corrected chi connectivity index (χ3v) is 7.62. The summed E-state index contributed by atoms with van der Waals surface area (Å²) in [6.45, 7) is 5.12. The van der Waals surface area contributed by atoms with Crippen molar-refractivity contribution in [1.29, 1.82) is 0 Å². The van der Waals surface area contributed by atoms with Crippen molar-refractivity contribution >= 4 is 51.4 Å². The van der Waals surface area contributed by atoms with E-state index < -0.39 is 6.11 Å². The van der Waals surface area contributed by atoms with E-state index >= 15 is 0 Å². The number of hydrogen-bond acceptors (Lipinski definition) is 6. The molecule has 40 heavy (non-hydrogen) atoms. The van der Waals surface area contributed by atoms with Gasteiger partial charge in [-0.2, -0.15) is 8.78 Å². The molecular formula is C31H27F2N5OS. The largest absolute Gasteiger partial charge is 0.433 e. The molecule has 1 aromatic heterocycles. The molecule has 202 valence electrons. The van der Waals surface area contributed by atoms with E-state index in [-0.39, 0.29) is 11.8 Å². The van der Waals surface area contributed by atoms with Crippen LogP contribution in [0.4, 0.5) is 20.3 Å². The number of halogens is 2. The fourth-order valence-electron chi connectivity index (χ4n) is 4.68. The lowest BCUT2D eigenvalue weighted by Crippen LogP contribution is -2.39. The molecule has 6 rings (SSSR count). The standard InChI is InChI=1S/C31H27F2N5OS/c1-19(2)24-6-4-5-7-27(24)38-18-40-30(38)37-28-15-11-21-16-22(10-14-25(21)35-28)29-34-17-26(36-29)20-8-12-23(13-9-20)39-31(3,32)33/h4-17,19,26H,18H2,1-3H3/b37-30-. The molecule has 1 atom stereocenters. The molecule has 0 saturated carbocycles. The summed E-state index contributed by atoms with van der Waals surface area (Å²) in [5.74, 6) is 2.68. The topological polar surface area (TPSA) is 62.4 Å². The molecule has 3 aromatic carbocycles. The molecule has 0 bridgehead atoms. The predicted octanol–water partition coefficient (Wildman–Crippen LogP) is 8.12. The Morgan fingerprint density at radius 1 is 1.02 bits per heavy atom. The summed E-state index contributed by atoms with van der Waals surface area (Å²) in [7, 11) is 0. The number of pyridine rings is 1. The SMILES string of the molecule is CC(C)c1ccccc1N1CS/C1=N\c1ccc2cc(C3=NC(c4ccc(OC(C)(F)F)cc4)C=N3)ccc2n1. The zero-order valence-corrected chi connectivity index (χ0v) is 23.1. The molecule has 2 aliphatic heterocycles. The van der Waals surface area contributed by atoms with Crippen LogP contribution in [-0.4, -0.2) is 34.2 Å². The Bertz CT molecular complexity index is 1660. The first kappa shape index (κ1) is 26.1. The van der Waals surface area contributed by atoms with Gasteiger partial charge in [-0.15, -0.1) is 0 Å². The van der Waals surface area contributed by atoms with Crippen molar-refractivity contribution in [3.63, 3.8) is 0 Å². The van der Waals surface area contributed by atoms with E-state index in [1.165, 1.54) is 23.4 Å². The van der Waals surface area contributed by atoms with Crippen molar-refractivity contribution in [2.45, 2.75) is 38.8 Å². The quantitative estimate of drug-likeness (QED) is 0.231. The van der Waals surface area contributed by atoms with Gasteiger partial charge in [-0.1, -0.05) is 55.9 Å². The minimum absolute atomic E-state index is 0.103. The highest BCUT2D eigenvalue weighted by atomic mass is 32.2. The number of para-hydroxylation sites is 1. The Morgan fingerprint density at radius 2 is 1.82 bits per heavy atom. The molecule has 1 saturated heterocycles. The zero-order chi connectivity index (χ0) is 27.9. The van der Waals surface area contributed by atoms with E-state index in [0.29, 0.717) is 24.5 Å². The number of hydrogen-bond donors (Lipinski definition) is 0.